The van der Waals surface area contributed by atoms with Gasteiger partial charge in [0.05, 0.1) is 7.11 Å². The van der Waals surface area contributed by atoms with Gasteiger partial charge in [-0.1, -0.05) is 50.1 Å². The van der Waals surface area contributed by atoms with E-state index in [4.69, 9.17) is 4.74 Å². The lowest BCUT2D eigenvalue weighted by molar-refractivity contribution is 0.414. The van der Waals surface area contributed by atoms with Crippen LogP contribution in [-0.4, -0.2) is 7.11 Å². The molecule has 100 valence electrons. The highest BCUT2D eigenvalue weighted by molar-refractivity contribution is 9.11. The summed E-state index contributed by atoms with van der Waals surface area (Å²) in [5, 5.41) is 0. The molecule has 0 spiro atoms. The molecule has 0 amide bonds. The van der Waals surface area contributed by atoms with Crippen LogP contribution in [0.3, 0.4) is 0 Å². The number of methoxy groups -OCH3 is 1. The second-order valence-corrected chi connectivity index (χ2v) is 6.11. The third kappa shape index (κ3) is 3.57. The number of benzene rings is 2. The van der Waals surface area contributed by atoms with E-state index in [1.165, 1.54) is 6.07 Å². The zero-order valence-electron chi connectivity index (χ0n) is 10.4. The van der Waals surface area contributed by atoms with E-state index in [1.807, 2.05) is 24.3 Å². The van der Waals surface area contributed by atoms with Gasteiger partial charge in [-0.15, -0.1) is 0 Å². The molecule has 0 aromatic heterocycles. The van der Waals surface area contributed by atoms with Crippen LogP contribution in [0.5, 0.6) is 5.75 Å². The van der Waals surface area contributed by atoms with E-state index < -0.39 is 0 Å². The third-order valence-electron chi connectivity index (χ3n) is 2.90. The van der Waals surface area contributed by atoms with Crippen molar-refractivity contribution < 1.29 is 9.13 Å². The second-order valence-electron chi connectivity index (χ2n) is 4.15. The molecule has 2 aromatic rings. The van der Waals surface area contributed by atoms with Crippen molar-refractivity contribution in [3.63, 3.8) is 0 Å². The van der Waals surface area contributed by atoms with Crippen LogP contribution in [0.4, 0.5) is 4.39 Å². The van der Waals surface area contributed by atoms with E-state index in [9.17, 15) is 4.39 Å². The average Bonchev–Trinajstić information content (AvgIpc) is 2.42. The van der Waals surface area contributed by atoms with Crippen molar-refractivity contribution in [3.8, 4) is 5.75 Å². The van der Waals surface area contributed by atoms with Gasteiger partial charge in [0.15, 0.2) is 0 Å². The fourth-order valence-corrected chi connectivity index (χ4v) is 3.41. The van der Waals surface area contributed by atoms with E-state index >= 15 is 0 Å². The fraction of sp³-hybridized carbons (Fsp3) is 0.200. The topological polar surface area (TPSA) is 9.23 Å². The lowest BCUT2D eigenvalue weighted by atomic mass is 10.0. The van der Waals surface area contributed by atoms with E-state index in [0.29, 0.717) is 12.0 Å². The Labute approximate surface area is 129 Å². The Bertz CT molecular complexity index is 572. The van der Waals surface area contributed by atoms with Crippen LogP contribution in [0.2, 0.25) is 0 Å². The van der Waals surface area contributed by atoms with Crippen LogP contribution in [0.25, 0.3) is 0 Å². The first-order valence-electron chi connectivity index (χ1n) is 5.82. The Balaban J connectivity index is 2.25. The molecular weight excluding hydrogens is 375 g/mol. The van der Waals surface area contributed by atoms with Gasteiger partial charge >= 0.3 is 0 Å². The number of alkyl halides is 1. The Morgan fingerprint density at radius 3 is 2.63 bits per heavy atom. The second kappa shape index (κ2) is 6.53. The van der Waals surface area contributed by atoms with Crippen molar-refractivity contribution >= 4 is 31.9 Å². The molecule has 0 saturated carbocycles. The molecule has 0 aliphatic heterocycles. The van der Waals surface area contributed by atoms with Gasteiger partial charge in [-0.2, -0.15) is 0 Å². The molecule has 0 bridgehead atoms. The third-order valence-corrected chi connectivity index (χ3v) is 4.44. The summed E-state index contributed by atoms with van der Waals surface area (Å²) >= 11 is 7.13. The van der Waals surface area contributed by atoms with Gasteiger partial charge in [-0.3, -0.25) is 0 Å². The fourth-order valence-electron chi connectivity index (χ4n) is 1.86. The minimum atomic E-state index is -0.175. The van der Waals surface area contributed by atoms with Gasteiger partial charge in [0.2, 0.25) is 0 Å². The Hall–Kier alpha value is -0.870. The first-order valence-corrected chi connectivity index (χ1v) is 7.53. The standard InChI is InChI=1S/C15H13Br2FO/c1-19-11-6-7-13(16)12(9-11)14(17)8-10-4-2-3-5-15(10)18/h2-7,9,14H,8H2,1H3. The molecule has 2 rings (SSSR count). The van der Waals surface area contributed by atoms with E-state index in [1.54, 1.807) is 19.2 Å². The van der Waals surface area contributed by atoms with Gasteiger partial charge in [-0.05, 0) is 41.8 Å². The van der Waals surface area contributed by atoms with Crippen LogP contribution in [0.1, 0.15) is 16.0 Å². The first-order chi connectivity index (χ1) is 9.11. The van der Waals surface area contributed by atoms with Crippen molar-refractivity contribution in [3.05, 3.63) is 63.9 Å². The molecule has 1 atom stereocenters. The quantitative estimate of drug-likeness (QED) is 0.649. The van der Waals surface area contributed by atoms with Gasteiger partial charge in [0.25, 0.3) is 0 Å². The highest BCUT2D eigenvalue weighted by Gasteiger charge is 2.15. The Kier molecular flexibility index (Phi) is 4.99. The van der Waals surface area contributed by atoms with Gasteiger partial charge in [0, 0.05) is 9.30 Å². The maximum absolute atomic E-state index is 13.7. The number of hydrogen-bond donors (Lipinski definition) is 0. The highest BCUT2D eigenvalue weighted by atomic mass is 79.9. The summed E-state index contributed by atoms with van der Waals surface area (Å²) in [6.07, 6.45) is 0.582. The smallest absolute Gasteiger partial charge is 0.126 e. The van der Waals surface area contributed by atoms with Gasteiger partial charge < -0.3 is 4.74 Å². The van der Waals surface area contributed by atoms with Gasteiger partial charge in [0.1, 0.15) is 11.6 Å². The maximum Gasteiger partial charge on any atom is 0.126 e. The molecule has 0 radical (unpaired) electrons. The summed E-state index contributed by atoms with van der Waals surface area (Å²) in [4.78, 5) is 0.0221. The summed E-state index contributed by atoms with van der Waals surface area (Å²) in [6.45, 7) is 0. The predicted molar refractivity (Wildman–Crippen MR) is 82.5 cm³/mol. The zero-order valence-corrected chi connectivity index (χ0v) is 13.5. The number of hydrogen-bond acceptors (Lipinski definition) is 1. The van der Waals surface area contributed by atoms with Crippen molar-refractivity contribution in [2.45, 2.75) is 11.2 Å². The van der Waals surface area contributed by atoms with Crippen LogP contribution in [-0.2, 0) is 6.42 Å². The lowest BCUT2D eigenvalue weighted by Crippen LogP contribution is -1.99. The normalized spacial score (nSPS) is 12.2. The van der Waals surface area contributed by atoms with Gasteiger partial charge in [-0.25, -0.2) is 4.39 Å². The summed E-state index contributed by atoms with van der Waals surface area (Å²) in [5.41, 5.74) is 1.74. The van der Waals surface area contributed by atoms with Crippen LogP contribution in [0, 0.1) is 5.82 Å². The number of ether oxygens (including phenoxy) is 1. The molecule has 0 aliphatic carbocycles. The van der Waals surface area contributed by atoms with E-state index in [2.05, 4.69) is 31.9 Å². The molecular formula is C15H13Br2FO. The summed E-state index contributed by atoms with van der Waals surface area (Å²) in [5.74, 6) is 0.613. The van der Waals surface area contributed by atoms with Crippen LogP contribution in [0.15, 0.2) is 46.9 Å². The monoisotopic (exact) mass is 386 g/mol. The van der Waals surface area contributed by atoms with E-state index in [-0.39, 0.29) is 10.6 Å². The average molecular weight is 388 g/mol. The predicted octanol–water partition coefficient (Wildman–Crippen LogP) is 5.28. The molecule has 19 heavy (non-hydrogen) atoms. The molecule has 1 nitrogen and oxygen atoms in total. The Morgan fingerprint density at radius 2 is 1.95 bits per heavy atom. The SMILES string of the molecule is COc1ccc(Br)c(C(Br)Cc2ccccc2F)c1. The van der Waals surface area contributed by atoms with Crippen LogP contribution >= 0.6 is 31.9 Å². The van der Waals surface area contributed by atoms with Crippen LogP contribution < -0.4 is 4.74 Å². The summed E-state index contributed by atoms with van der Waals surface area (Å²) in [6, 6.07) is 12.6. The lowest BCUT2D eigenvalue weighted by Gasteiger charge is -2.14. The Morgan fingerprint density at radius 1 is 1.21 bits per heavy atom. The minimum Gasteiger partial charge on any atom is -0.497 e. The maximum atomic E-state index is 13.7. The molecule has 2 aromatic carbocycles. The molecule has 0 saturated heterocycles. The number of rotatable bonds is 4. The zero-order chi connectivity index (χ0) is 13.8. The molecule has 0 fully saturated rings. The van der Waals surface area contributed by atoms with E-state index in [0.717, 1.165) is 15.8 Å². The first kappa shape index (κ1) is 14.5. The molecule has 1 unspecified atom stereocenters. The molecule has 4 heteroatoms. The number of halogens is 3. The largest absolute Gasteiger partial charge is 0.497 e. The van der Waals surface area contributed by atoms with Crippen molar-refractivity contribution in [2.75, 3.05) is 7.11 Å². The van der Waals surface area contributed by atoms with Crippen molar-refractivity contribution in [1.29, 1.82) is 0 Å². The summed E-state index contributed by atoms with van der Waals surface area (Å²) in [7, 11) is 1.63. The highest BCUT2D eigenvalue weighted by Crippen LogP contribution is 2.35. The summed E-state index contributed by atoms with van der Waals surface area (Å²) < 4.78 is 19.9. The minimum absolute atomic E-state index is 0.0221. The molecule has 0 heterocycles. The molecule has 0 N–H and O–H groups in total. The van der Waals surface area contributed by atoms with Crippen molar-refractivity contribution in [2.24, 2.45) is 0 Å². The molecule has 0 aliphatic rings. The van der Waals surface area contributed by atoms with Crippen molar-refractivity contribution in [1.82, 2.24) is 0 Å².